The Balaban J connectivity index is 0.00000264. The lowest BCUT2D eigenvalue weighted by Gasteiger charge is -2.44. The zero-order chi connectivity index (χ0) is 16.7. The fourth-order valence-corrected chi connectivity index (χ4v) is 3.07. The van der Waals surface area contributed by atoms with Crippen molar-refractivity contribution in [1.82, 2.24) is 10.2 Å². The van der Waals surface area contributed by atoms with Gasteiger partial charge in [-0.1, -0.05) is 13.8 Å². The summed E-state index contributed by atoms with van der Waals surface area (Å²) in [4.78, 5) is 25.9. The number of nitrogens with zero attached hydrogens (tertiary/aromatic N) is 1. The molecule has 3 unspecified atom stereocenters. The van der Waals surface area contributed by atoms with Gasteiger partial charge in [-0.15, -0.1) is 12.4 Å². The molecule has 0 saturated carbocycles. The van der Waals surface area contributed by atoms with Crippen LogP contribution in [0.2, 0.25) is 0 Å². The van der Waals surface area contributed by atoms with Crippen molar-refractivity contribution in [3.8, 4) is 0 Å². The topological polar surface area (TPSA) is 75.4 Å². The summed E-state index contributed by atoms with van der Waals surface area (Å²) in [6.45, 7) is 4.74. The van der Waals surface area contributed by atoms with Crippen LogP contribution in [-0.2, 0) is 9.59 Å². The monoisotopic (exact) mass is 357 g/mol. The Labute approximate surface area is 139 Å². The first-order chi connectivity index (χ1) is 10.0. The third-order valence-corrected chi connectivity index (χ3v) is 4.69. The Kier molecular flexibility index (Phi) is 5.96. The highest BCUT2D eigenvalue weighted by atomic mass is 35.5. The molecule has 5 nitrogen and oxygen atoms in total. The Morgan fingerprint density at radius 1 is 1.30 bits per heavy atom. The van der Waals surface area contributed by atoms with Gasteiger partial charge in [0.1, 0.15) is 12.0 Å². The Hall–Kier alpha value is -1.02. The summed E-state index contributed by atoms with van der Waals surface area (Å²) in [6.07, 6.45) is -4.18. The first kappa shape index (κ1) is 20.0. The van der Waals surface area contributed by atoms with E-state index in [9.17, 15) is 22.8 Å². The van der Waals surface area contributed by atoms with E-state index in [2.05, 4.69) is 0 Å². The minimum atomic E-state index is -4.47. The molecule has 2 amide bonds. The van der Waals surface area contributed by atoms with Gasteiger partial charge in [0.05, 0.1) is 0 Å². The number of amides is 2. The number of piperidine rings is 2. The van der Waals surface area contributed by atoms with Crippen LogP contribution in [0.1, 0.15) is 33.1 Å². The third-order valence-electron chi connectivity index (χ3n) is 4.69. The molecule has 2 heterocycles. The molecular formula is C14H23ClF3N3O2. The summed E-state index contributed by atoms with van der Waals surface area (Å²) < 4.78 is 37.9. The van der Waals surface area contributed by atoms with E-state index in [0.717, 1.165) is 0 Å². The number of hydrogen-bond acceptors (Lipinski definition) is 3. The van der Waals surface area contributed by atoms with Crippen LogP contribution in [-0.4, -0.2) is 48.1 Å². The molecule has 0 aliphatic carbocycles. The van der Waals surface area contributed by atoms with Gasteiger partial charge in [0.2, 0.25) is 11.8 Å². The molecule has 0 radical (unpaired) electrons. The normalized spacial score (nSPS) is 31.1. The van der Waals surface area contributed by atoms with Crippen molar-refractivity contribution >= 4 is 24.2 Å². The number of hydrogen-bond donors (Lipinski definition) is 2. The van der Waals surface area contributed by atoms with Crippen molar-refractivity contribution in [2.24, 2.45) is 17.1 Å². The lowest BCUT2D eigenvalue weighted by molar-refractivity contribution is -0.173. The van der Waals surface area contributed by atoms with Crippen molar-refractivity contribution in [1.29, 1.82) is 0 Å². The van der Waals surface area contributed by atoms with Crippen LogP contribution < -0.4 is 11.1 Å². The van der Waals surface area contributed by atoms with Crippen LogP contribution >= 0.6 is 12.4 Å². The minimum absolute atomic E-state index is 0. The number of rotatable bonds is 1. The van der Waals surface area contributed by atoms with Crippen molar-refractivity contribution in [3.05, 3.63) is 0 Å². The fourth-order valence-electron chi connectivity index (χ4n) is 3.07. The van der Waals surface area contributed by atoms with Gasteiger partial charge >= 0.3 is 6.18 Å². The molecule has 9 heteroatoms. The summed E-state index contributed by atoms with van der Waals surface area (Å²) in [5.74, 6) is -2.24. The number of nitrogens with two attached hydrogens (primary N) is 1. The lowest BCUT2D eigenvalue weighted by Crippen LogP contribution is -2.59. The van der Waals surface area contributed by atoms with Gasteiger partial charge in [-0.05, 0) is 24.7 Å². The van der Waals surface area contributed by atoms with E-state index in [0.29, 0.717) is 19.5 Å². The van der Waals surface area contributed by atoms with Gasteiger partial charge in [0.15, 0.2) is 0 Å². The van der Waals surface area contributed by atoms with Crippen molar-refractivity contribution in [2.45, 2.75) is 51.4 Å². The van der Waals surface area contributed by atoms with Crippen molar-refractivity contribution in [2.75, 3.05) is 13.1 Å². The van der Waals surface area contributed by atoms with Crippen LogP contribution in [0.15, 0.2) is 0 Å². The standard InChI is InChI=1S/C14H22F3N3O2.ClH/c1-13(2)7-20(6-5-9(13)18)12(22)8-3-4-10(14(15,16)17)19-11(8)21;/h8-10H,3-7,18H2,1-2H3,(H,19,21);1H. The van der Waals surface area contributed by atoms with E-state index < -0.39 is 30.0 Å². The molecule has 2 fully saturated rings. The number of carbonyl (C=O) groups excluding carboxylic acids is 2. The Morgan fingerprint density at radius 2 is 1.91 bits per heavy atom. The molecule has 0 bridgehead atoms. The number of alkyl halides is 3. The zero-order valence-electron chi connectivity index (χ0n) is 13.2. The SMILES string of the molecule is CC1(C)CN(C(=O)C2CCC(C(F)(F)F)NC2=O)CCC1N.Cl. The van der Waals surface area contributed by atoms with Crippen molar-refractivity contribution in [3.63, 3.8) is 0 Å². The molecule has 2 aliphatic rings. The molecule has 23 heavy (non-hydrogen) atoms. The van der Waals surface area contributed by atoms with E-state index in [1.54, 1.807) is 4.90 Å². The molecule has 2 rings (SSSR count). The molecule has 0 spiro atoms. The quantitative estimate of drug-likeness (QED) is 0.697. The van der Waals surface area contributed by atoms with E-state index in [1.165, 1.54) is 0 Å². The molecule has 0 aromatic rings. The Morgan fingerprint density at radius 3 is 2.39 bits per heavy atom. The smallest absolute Gasteiger partial charge is 0.344 e. The maximum Gasteiger partial charge on any atom is 0.408 e. The summed E-state index contributed by atoms with van der Waals surface area (Å²) in [5.41, 5.74) is 5.73. The Bertz CT molecular complexity index is 471. The summed E-state index contributed by atoms with van der Waals surface area (Å²) in [7, 11) is 0. The highest BCUT2D eigenvalue weighted by Gasteiger charge is 2.47. The van der Waals surface area contributed by atoms with Crippen LogP contribution in [0.5, 0.6) is 0 Å². The molecule has 134 valence electrons. The maximum absolute atomic E-state index is 12.6. The first-order valence-electron chi connectivity index (χ1n) is 7.44. The van der Waals surface area contributed by atoms with Crippen molar-refractivity contribution < 1.29 is 22.8 Å². The van der Waals surface area contributed by atoms with E-state index in [4.69, 9.17) is 5.73 Å². The van der Waals surface area contributed by atoms with Gasteiger partial charge in [0.25, 0.3) is 0 Å². The van der Waals surface area contributed by atoms with Crippen LogP contribution in [0.25, 0.3) is 0 Å². The second-order valence-electron chi connectivity index (χ2n) is 6.88. The second-order valence-corrected chi connectivity index (χ2v) is 6.88. The van der Waals surface area contributed by atoms with Gasteiger partial charge in [-0.3, -0.25) is 9.59 Å². The number of carbonyl (C=O) groups is 2. The average Bonchev–Trinajstić information content (AvgIpc) is 2.40. The van der Waals surface area contributed by atoms with Crippen LogP contribution in [0, 0.1) is 11.3 Å². The van der Waals surface area contributed by atoms with E-state index in [-0.39, 0.29) is 36.7 Å². The number of nitrogens with one attached hydrogen (secondary N) is 1. The molecule has 3 N–H and O–H groups in total. The third kappa shape index (κ3) is 4.29. The largest absolute Gasteiger partial charge is 0.408 e. The van der Waals surface area contributed by atoms with Crippen LogP contribution in [0.4, 0.5) is 13.2 Å². The van der Waals surface area contributed by atoms with Gasteiger partial charge in [-0.25, -0.2) is 0 Å². The second kappa shape index (κ2) is 6.84. The molecular weight excluding hydrogens is 335 g/mol. The van der Waals surface area contributed by atoms with Gasteiger partial charge in [0, 0.05) is 19.1 Å². The molecule has 0 aromatic carbocycles. The highest BCUT2D eigenvalue weighted by molar-refractivity contribution is 6.01. The van der Waals surface area contributed by atoms with Gasteiger partial charge in [-0.2, -0.15) is 13.2 Å². The molecule has 0 aromatic heterocycles. The first-order valence-corrected chi connectivity index (χ1v) is 7.44. The molecule has 3 atom stereocenters. The summed E-state index contributed by atoms with van der Waals surface area (Å²) >= 11 is 0. The highest BCUT2D eigenvalue weighted by Crippen LogP contribution is 2.32. The van der Waals surface area contributed by atoms with E-state index >= 15 is 0 Å². The predicted octanol–water partition coefficient (Wildman–Crippen LogP) is 1.45. The zero-order valence-corrected chi connectivity index (χ0v) is 14.0. The summed E-state index contributed by atoms with van der Waals surface area (Å²) in [5, 5.41) is 1.92. The van der Waals surface area contributed by atoms with E-state index in [1.807, 2.05) is 19.2 Å². The number of likely N-dealkylation sites (tertiary alicyclic amines) is 1. The average molecular weight is 358 g/mol. The fraction of sp³-hybridized carbons (Fsp3) is 0.857. The molecule has 2 aliphatic heterocycles. The number of halogens is 4. The predicted molar refractivity (Wildman–Crippen MR) is 80.9 cm³/mol. The summed E-state index contributed by atoms with van der Waals surface area (Å²) in [6, 6.07) is -1.89. The van der Waals surface area contributed by atoms with Gasteiger partial charge < -0.3 is 16.0 Å². The van der Waals surface area contributed by atoms with Crippen LogP contribution in [0.3, 0.4) is 0 Å². The lowest BCUT2D eigenvalue weighted by atomic mass is 9.79. The maximum atomic E-state index is 12.6. The minimum Gasteiger partial charge on any atom is -0.344 e. The molecule has 2 saturated heterocycles.